The van der Waals surface area contributed by atoms with Gasteiger partial charge >= 0.3 is 0 Å². The fraction of sp³-hybridized carbons (Fsp3) is 0.892. The van der Waals surface area contributed by atoms with Crippen LogP contribution in [-0.4, -0.2) is 85.8 Å². The molecule has 1 fully saturated rings. The maximum absolute atomic E-state index is 12.4. The van der Waals surface area contributed by atoms with Gasteiger partial charge in [-0.2, -0.15) is 0 Å². The van der Waals surface area contributed by atoms with Crippen LogP contribution in [0.2, 0.25) is 72.5 Å². The first-order chi connectivity index (χ1) is 22.0. The number of hydrogen-bond acceptors (Lipinski definition) is 7. The largest absolute Gasteiger partial charge is 0.411 e. The SMILES string of the molecule is CC(C)(C)[Si](C)(C)O[C@@H]1C=CC(=O)[C@@H](O[Si](C)(C)C(C)(C)C)C1.CC(C)(C)[Si](C)(C)O[C@H]1C[C@H](O[Si](C)(C)C(C)(C)C)[C@@H](O)CC1=O.ClCCl. The molecule has 5 atom stereocenters. The van der Waals surface area contributed by atoms with E-state index < -0.39 is 45.5 Å². The Labute approximate surface area is 321 Å². The average molecular weight is 816 g/mol. The summed E-state index contributed by atoms with van der Waals surface area (Å²) in [6.45, 7) is 44.0. The van der Waals surface area contributed by atoms with Crippen molar-refractivity contribution in [2.45, 2.75) is 205 Å². The zero-order valence-corrected chi connectivity index (χ0v) is 41.0. The summed E-state index contributed by atoms with van der Waals surface area (Å²) in [6, 6.07) is 0. The van der Waals surface area contributed by atoms with Crippen molar-refractivity contribution >= 4 is 68.0 Å². The molecule has 2 rings (SSSR count). The second-order valence-corrected chi connectivity index (χ2v) is 40.0. The summed E-state index contributed by atoms with van der Waals surface area (Å²) in [5.74, 6) is 0.104. The molecule has 0 amide bonds. The lowest BCUT2D eigenvalue weighted by atomic mass is 9.91. The second-order valence-electron chi connectivity index (χ2n) is 20.1. The molecule has 13 heteroatoms. The summed E-state index contributed by atoms with van der Waals surface area (Å²) >= 11 is 9.53. The first kappa shape index (κ1) is 50.3. The zero-order chi connectivity index (χ0) is 40.1. The van der Waals surface area contributed by atoms with E-state index in [2.05, 4.69) is 135 Å². The van der Waals surface area contributed by atoms with Crippen LogP contribution in [0.15, 0.2) is 12.2 Å². The fourth-order valence-electron chi connectivity index (χ4n) is 4.29. The number of Topliss-reactive ketones (excluding diaryl/α,β-unsaturated/α-hetero) is 1. The highest BCUT2D eigenvalue weighted by atomic mass is 35.5. The Kier molecular flexibility index (Phi) is 18.4. The maximum atomic E-state index is 12.4. The van der Waals surface area contributed by atoms with E-state index >= 15 is 0 Å². The van der Waals surface area contributed by atoms with E-state index in [0.717, 1.165) is 0 Å². The van der Waals surface area contributed by atoms with Crippen LogP contribution in [-0.2, 0) is 27.3 Å². The van der Waals surface area contributed by atoms with E-state index in [1.807, 2.05) is 6.08 Å². The Morgan fingerprint density at radius 1 is 0.620 bits per heavy atom. The molecule has 0 saturated heterocycles. The highest BCUT2D eigenvalue weighted by Gasteiger charge is 2.48. The van der Waals surface area contributed by atoms with Gasteiger partial charge in [-0.25, -0.2) is 0 Å². The maximum Gasteiger partial charge on any atom is 0.193 e. The van der Waals surface area contributed by atoms with Crippen molar-refractivity contribution in [2.24, 2.45) is 0 Å². The number of halogens is 2. The molecule has 0 heterocycles. The number of carbonyl (C=O) groups is 2. The summed E-state index contributed by atoms with van der Waals surface area (Å²) in [7, 11) is -7.83. The zero-order valence-electron chi connectivity index (χ0n) is 35.5. The molecular weight excluding hydrogens is 740 g/mol. The summed E-state index contributed by atoms with van der Waals surface area (Å²) < 4.78 is 25.6. The number of ketones is 2. The molecule has 2 aliphatic rings. The Morgan fingerprint density at radius 2 is 0.960 bits per heavy atom. The number of alkyl halides is 2. The van der Waals surface area contributed by atoms with E-state index in [1.54, 1.807) is 6.08 Å². The first-order valence-corrected chi connectivity index (χ1v) is 30.9. The van der Waals surface area contributed by atoms with E-state index in [0.29, 0.717) is 12.8 Å². The van der Waals surface area contributed by atoms with Crippen LogP contribution in [0, 0.1) is 0 Å². The van der Waals surface area contributed by atoms with Gasteiger partial charge in [-0.1, -0.05) is 89.2 Å². The third-order valence-corrected chi connectivity index (χ3v) is 29.9. The molecule has 0 aromatic heterocycles. The lowest BCUT2D eigenvalue weighted by Gasteiger charge is -2.45. The lowest BCUT2D eigenvalue weighted by molar-refractivity contribution is -0.138. The Hall–Kier alpha value is 0.328. The van der Waals surface area contributed by atoms with E-state index in [9.17, 15) is 14.7 Å². The molecular formula is C37H76Cl2O7Si4. The lowest BCUT2D eigenvalue weighted by Crippen LogP contribution is -2.54. The molecule has 0 spiro atoms. The van der Waals surface area contributed by atoms with Crippen molar-refractivity contribution in [3.05, 3.63) is 12.2 Å². The highest BCUT2D eigenvalue weighted by Crippen LogP contribution is 2.43. The molecule has 296 valence electrons. The Morgan fingerprint density at radius 3 is 1.34 bits per heavy atom. The predicted octanol–water partition coefficient (Wildman–Crippen LogP) is 11.2. The van der Waals surface area contributed by atoms with E-state index in [1.165, 1.54) is 0 Å². The number of aliphatic hydroxyl groups is 1. The monoisotopic (exact) mass is 814 g/mol. The molecule has 0 aromatic rings. The van der Waals surface area contributed by atoms with Crippen LogP contribution >= 0.6 is 23.2 Å². The molecule has 1 N–H and O–H groups in total. The van der Waals surface area contributed by atoms with Crippen molar-refractivity contribution in [2.75, 3.05) is 5.34 Å². The van der Waals surface area contributed by atoms with Gasteiger partial charge < -0.3 is 22.8 Å². The Bertz CT molecular complexity index is 1130. The highest BCUT2D eigenvalue weighted by molar-refractivity contribution is 6.75. The fourth-order valence-corrected chi connectivity index (χ4v) is 9.51. The summed E-state index contributed by atoms with van der Waals surface area (Å²) in [5.41, 5.74) is 0. The van der Waals surface area contributed by atoms with Gasteiger partial charge in [-0.05, 0) is 78.6 Å². The van der Waals surface area contributed by atoms with Crippen LogP contribution in [0.25, 0.3) is 0 Å². The second kappa shape index (κ2) is 18.3. The molecule has 50 heavy (non-hydrogen) atoms. The number of rotatable bonds is 8. The van der Waals surface area contributed by atoms with Gasteiger partial charge in [0.1, 0.15) is 12.2 Å². The quantitative estimate of drug-likeness (QED) is 0.193. The summed E-state index contributed by atoms with van der Waals surface area (Å²) in [5, 5.41) is 11.0. The molecule has 1 saturated carbocycles. The molecule has 0 aromatic carbocycles. The minimum Gasteiger partial charge on any atom is -0.411 e. The van der Waals surface area contributed by atoms with Crippen LogP contribution in [0.1, 0.15) is 102 Å². The van der Waals surface area contributed by atoms with Gasteiger partial charge in [-0.15, -0.1) is 23.2 Å². The van der Waals surface area contributed by atoms with Crippen molar-refractivity contribution in [3.63, 3.8) is 0 Å². The van der Waals surface area contributed by atoms with Crippen molar-refractivity contribution in [1.82, 2.24) is 0 Å². The normalized spacial score (nSPS) is 24.7. The van der Waals surface area contributed by atoms with Gasteiger partial charge in [0.25, 0.3) is 0 Å². The number of hydrogen-bond donors (Lipinski definition) is 1. The van der Waals surface area contributed by atoms with E-state index in [-0.39, 0.29) is 61.8 Å². The van der Waals surface area contributed by atoms with Gasteiger partial charge in [0.15, 0.2) is 44.8 Å². The van der Waals surface area contributed by atoms with Crippen molar-refractivity contribution in [1.29, 1.82) is 0 Å². The van der Waals surface area contributed by atoms with Crippen LogP contribution in [0.4, 0.5) is 0 Å². The van der Waals surface area contributed by atoms with Crippen LogP contribution in [0.5, 0.6) is 0 Å². The third-order valence-electron chi connectivity index (χ3n) is 11.9. The molecule has 7 nitrogen and oxygen atoms in total. The molecule has 2 aliphatic carbocycles. The first-order valence-electron chi connectivity index (χ1n) is 18.2. The van der Waals surface area contributed by atoms with Gasteiger partial charge in [0, 0.05) is 19.3 Å². The van der Waals surface area contributed by atoms with Crippen molar-refractivity contribution < 1.29 is 32.4 Å². The molecule has 0 radical (unpaired) electrons. The topological polar surface area (TPSA) is 91.3 Å². The summed E-state index contributed by atoms with van der Waals surface area (Å²) in [4.78, 5) is 24.7. The standard InChI is InChI=1S/C18H38O4Si2.C18H36O3Si2.CH2Cl2/c1-17(2,3)23(7,8)21-15-12-16(14(20)11-13(15)19)22-24(9,10)18(4,5)6;1-17(2,3)22(7,8)20-14-11-12-15(19)16(13-14)21-23(9,10)18(4,5)6;2-1-3/h13,15-16,19H,11-12H2,1-10H3;11-12,14,16H,13H2,1-10H3;1H2/t13-,15-,16-;14-,16+;/m01./s1. The van der Waals surface area contributed by atoms with Gasteiger partial charge in [0.2, 0.25) is 0 Å². The number of carbonyl (C=O) groups excluding carboxylic acids is 2. The van der Waals surface area contributed by atoms with Gasteiger partial charge in [-0.3, -0.25) is 9.59 Å². The molecule has 0 bridgehead atoms. The minimum atomic E-state index is -2.03. The smallest absolute Gasteiger partial charge is 0.193 e. The van der Waals surface area contributed by atoms with Gasteiger partial charge in [0.05, 0.1) is 23.7 Å². The predicted molar refractivity (Wildman–Crippen MR) is 224 cm³/mol. The minimum absolute atomic E-state index is 0.0108. The van der Waals surface area contributed by atoms with Crippen LogP contribution in [0.3, 0.4) is 0 Å². The summed E-state index contributed by atoms with van der Waals surface area (Å²) in [6.07, 6.45) is 3.02. The Balaban J connectivity index is 0.000000891. The molecule has 0 unspecified atom stereocenters. The third kappa shape index (κ3) is 14.9. The van der Waals surface area contributed by atoms with Crippen LogP contribution < -0.4 is 0 Å². The van der Waals surface area contributed by atoms with E-state index in [4.69, 9.17) is 40.9 Å². The molecule has 0 aliphatic heterocycles. The average Bonchev–Trinajstić information content (AvgIpc) is 2.86. The van der Waals surface area contributed by atoms with Crippen molar-refractivity contribution in [3.8, 4) is 0 Å². The number of aliphatic hydroxyl groups excluding tert-OH is 1.